The van der Waals surface area contributed by atoms with E-state index in [1.807, 2.05) is 12.3 Å². The van der Waals surface area contributed by atoms with Crippen molar-refractivity contribution < 1.29 is 0 Å². The number of nitrogens with zero attached hydrogens (tertiary/aromatic N) is 2. The van der Waals surface area contributed by atoms with Crippen molar-refractivity contribution in [1.29, 1.82) is 0 Å². The van der Waals surface area contributed by atoms with E-state index >= 15 is 0 Å². The molecule has 88 valence electrons. The molecule has 2 aromatic rings. The molecule has 1 N–H and O–H groups in total. The molecular formula is C11H9Cl2N3S. The third kappa shape index (κ3) is 3.70. The van der Waals surface area contributed by atoms with Crippen LogP contribution in [0.1, 0.15) is 11.3 Å². The van der Waals surface area contributed by atoms with E-state index in [0.29, 0.717) is 10.0 Å². The lowest BCUT2D eigenvalue weighted by Crippen LogP contribution is -1.90. The van der Waals surface area contributed by atoms with Gasteiger partial charge in [-0.05, 0) is 30.7 Å². The Balaban J connectivity index is 2.05. The van der Waals surface area contributed by atoms with E-state index in [2.05, 4.69) is 15.5 Å². The average molecular weight is 286 g/mol. The van der Waals surface area contributed by atoms with Gasteiger partial charge in [-0.25, -0.2) is 4.98 Å². The Kier molecular flexibility index (Phi) is 3.99. The van der Waals surface area contributed by atoms with Gasteiger partial charge in [0.2, 0.25) is 5.13 Å². The second-order valence-electron chi connectivity index (χ2n) is 3.37. The Morgan fingerprint density at radius 1 is 1.29 bits per heavy atom. The largest absolute Gasteiger partial charge is 0.253 e. The fourth-order valence-corrected chi connectivity index (χ4v) is 2.40. The molecule has 0 saturated heterocycles. The Labute approximate surface area is 113 Å². The molecule has 6 heteroatoms. The van der Waals surface area contributed by atoms with Gasteiger partial charge in [-0.2, -0.15) is 5.10 Å². The van der Waals surface area contributed by atoms with Crippen LogP contribution in [0, 0.1) is 6.92 Å². The fourth-order valence-electron chi connectivity index (χ4n) is 1.22. The van der Waals surface area contributed by atoms with Crippen molar-refractivity contribution in [1.82, 2.24) is 4.98 Å². The normalized spacial score (nSPS) is 11.0. The molecule has 0 unspecified atom stereocenters. The zero-order chi connectivity index (χ0) is 12.3. The fraction of sp³-hybridized carbons (Fsp3) is 0.0909. The molecule has 1 aromatic heterocycles. The quantitative estimate of drug-likeness (QED) is 0.678. The monoisotopic (exact) mass is 285 g/mol. The smallest absolute Gasteiger partial charge is 0.203 e. The molecule has 3 nitrogen and oxygen atoms in total. The molecule has 0 aliphatic rings. The van der Waals surface area contributed by atoms with Gasteiger partial charge in [0.05, 0.1) is 11.9 Å². The van der Waals surface area contributed by atoms with E-state index in [9.17, 15) is 0 Å². The third-order valence-corrected chi connectivity index (χ3v) is 3.18. The predicted octanol–water partition coefficient (Wildman–Crippen LogP) is 4.20. The van der Waals surface area contributed by atoms with Gasteiger partial charge in [-0.1, -0.05) is 23.2 Å². The molecule has 0 fully saturated rings. The molecule has 0 saturated carbocycles. The topological polar surface area (TPSA) is 37.3 Å². The third-order valence-electron chi connectivity index (χ3n) is 1.88. The highest BCUT2D eigenvalue weighted by atomic mass is 35.5. The molecule has 2 rings (SSSR count). The van der Waals surface area contributed by atoms with E-state index < -0.39 is 0 Å². The average Bonchev–Trinajstić information content (AvgIpc) is 2.63. The molecule has 0 spiro atoms. The van der Waals surface area contributed by atoms with Crippen molar-refractivity contribution in [2.45, 2.75) is 6.92 Å². The highest BCUT2D eigenvalue weighted by Gasteiger charge is 1.97. The molecule has 17 heavy (non-hydrogen) atoms. The summed E-state index contributed by atoms with van der Waals surface area (Å²) in [7, 11) is 0. The molecule has 0 amide bonds. The molecule has 0 atom stereocenters. The van der Waals surface area contributed by atoms with Crippen molar-refractivity contribution in [2.24, 2.45) is 5.10 Å². The molecule has 0 bridgehead atoms. The summed E-state index contributed by atoms with van der Waals surface area (Å²) in [6, 6.07) is 5.25. The maximum Gasteiger partial charge on any atom is 0.203 e. The van der Waals surface area contributed by atoms with Crippen LogP contribution in [0.4, 0.5) is 5.13 Å². The van der Waals surface area contributed by atoms with Crippen molar-refractivity contribution in [2.75, 3.05) is 5.43 Å². The summed E-state index contributed by atoms with van der Waals surface area (Å²) >= 11 is 13.2. The highest BCUT2D eigenvalue weighted by Crippen LogP contribution is 2.18. The lowest BCUT2D eigenvalue weighted by Gasteiger charge is -1.97. The molecule has 0 aliphatic carbocycles. The summed E-state index contributed by atoms with van der Waals surface area (Å²) in [5.41, 5.74) is 4.65. The SMILES string of the molecule is Cc1csc(NN=Cc2cc(Cl)cc(Cl)c2)n1. The molecule has 1 heterocycles. The summed E-state index contributed by atoms with van der Waals surface area (Å²) in [6.45, 7) is 1.93. The Morgan fingerprint density at radius 3 is 2.59 bits per heavy atom. The number of thiazole rings is 1. The minimum atomic E-state index is 0.587. The van der Waals surface area contributed by atoms with Crippen molar-refractivity contribution in [3.8, 4) is 0 Å². The number of anilines is 1. The van der Waals surface area contributed by atoms with Crippen LogP contribution in [-0.2, 0) is 0 Å². The Hall–Kier alpha value is -1.10. The number of aromatic nitrogens is 1. The van der Waals surface area contributed by atoms with Gasteiger partial charge in [0.1, 0.15) is 0 Å². The zero-order valence-electron chi connectivity index (χ0n) is 8.95. The van der Waals surface area contributed by atoms with Gasteiger partial charge in [0, 0.05) is 15.4 Å². The Morgan fingerprint density at radius 2 is 2.00 bits per heavy atom. The number of hydrogen-bond donors (Lipinski definition) is 1. The summed E-state index contributed by atoms with van der Waals surface area (Å²) < 4.78 is 0. The maximum absolute atomic E-state index is 5.87. The Bertz CT molecular complexity index is 531. The summed E-state index contributed by atoms with van der Waals surface area (Å²) in [5, 5.41) is 7.95. The lowest BCUT2D eigenvalue weighted by atomic mass is 10.2. The van der Waals surface area contributed by atoms with E-state index in [-0.39, 0.29) is 0 Å². The standard InChI is InChI=1S/C11H9Cl2N3S/c1-7-6-17-11(15-7)16-14-5-8-2-9(12)4-10(13)3-8/h2-6H,1H3,(H,15,16). The maximum atomic E-state index is 5.87. The molecule has 0 aliphatic heterocycles. The first-order chi connectivity index (χ1) is 8.13. The number of hydrazone groups is 1. The van der Waals surface area contributed by atoms with Crippen LogP contribution in [-0.4, -0.2) is 11.2 Å². The highest BCUT2D eigenvalue weighted by molar-refractivity contribution is 7.13. The number of aryl methyl sites for hydroxylation is 1. The number of rotatable bonds is 3. The van der Waals surface area contributed by atoms with Crippen LogP contribution in [0.2, 0.25) is 10.0 Å². The van der Waals surface area contributed by atoms with E-state index in [1.165, 1.54) is 11.3 Å². The van der Waals surface area contributed by atoms with Gasteiger partial charge < -0.3 is 0 Å². The van der Waals surface area contributed by atoms with Crippen LogP contribution in [0.15, 0.2) is 28.7 Å². The summed E-state index contributed by atoms with van der Waals surface area (Å²) in [6.07, 6.45) is 1.65. The minimum absolute atomic E-state index is 0.587. The van der Waals surface area contributed by atoms with Gasteiger partial charge in [0.15, 0.2) is 0 Å². The van der Waals surface area contributed by atoms with Gasteiger partial charge in [0.25, 0.3) is 0 Å². The first-order valence-electron chi connectivity index (χ1n) is 4.81. The van der Waals surface area contributed by atoms with E-state index in [4.69, 9.17) is 23.2 Å². The second-order valence-corrected chi connectivity index (χ2v) is 5.10. The second kappa shape index (κ2) is 5.49. The van der Waals surface area contributed by atoms with Crippen LogP contribution in [0.25, 0.3) is 0 Å². The van der Waals surface area contributed by atoms with Crippen LogP contribution >= 0.6 is 34.5 Å². The molecule has 0 radical (unpaired) electrons. The number of nitrogens with one attached hydrogen (secondary N) is 1. The zero-order valence-corrected chi connectivity index (χ0v) is 11.3. The van der Waals surface area contributed by atoms with Gasteiger partial charge in [-0.3, -0.25) is 5.43 Å². The number of halogens is 2. The number of hydrogen-bond acceptors (Lipinski definition) is 4. The summed E-state index contributed by atoms with van der Waals surface area (Å²) in [5.74, 6) is 0. The first-order valence-corrected chi connectivity index (χ1v) is 6.44. The van der Waals surface area contributed by atoms with Crippen molar-refractivity contribution in [3.63, 3.8) is 0 Å². The van der Waals surface area contributed by atoms with Crippen LogP contribution < -0.4 is 5.43 Å². The first kappa shape index (κ1) is 12.4. The van der Waals surface area contributed by atoms with Crippen molar-refractivity contribution >= 4 is 45.9 Å². The number of benzene rings is 1. The van der Waals surface area contributed by atoms with Crippen molar-refractivity contribution in [3.05, 3.63) is 44.9 Å². The molecular weight excluding hydrogens is 277 g/mol. The summed E-state index contributed by atoms with van der Waals surface area (Å²) in [4.78, 5) is 4.22. The minimum Gasteiger partial charge on any atom is -0.253 e. The van der Waals surface area contributed by atoms with Crippen LogP contribution in [0.3, 0.4) is 0 Å². The molecule has 1 aromatic carbocycles. The predicted molar refractivity (Wildman–Crippen MR) is 74.5 cm³/mol. The van der Waals surface area contributed by atoms with Gasteiger partial charge in [-0.15, -0.1) is 11.3 Å². The van der Waals surface area contributed by atoms with Gasteiger partial charge >= 0.3 is 0 Å². The lowest BCUT2D eigenvalue weighted by molar-refractivity contribution is 1.22. The van der Waals surface area contributed by atoms with E-state index in [0.717, 1.165) is 16.4 Å². The van der Waals surface area contributed by atoms with Crippen LogP contribution in [0.5, 0.6) is 0 Å². The van der Waals surface area contributed by atoms with E-state index in [1.54, 1.807) is 24.4 Å².